The van der Waals surface area contributed by atoms with Crippen molar-refractivity contribution in [3.05, 3.63) is 47.5 Å². The highest BCUT2D eigenvalue weighted by Crippen LogP contribution is 2.16. The molecular formula is C16H18FN3O3. The van der Waals surface area contributed by atoms with Crippen molar-refractivity contribution in [1.82, 2.24) is 14.7 Å². The zero-order valence-corrected chi connectivity index (χ0v) is 13.0. The quantitative estimate of drug-likeness (QED) is 0.886. The molecule has 2 aromatic rings. The molecular weight excluding hydrogens is 301 g/mol. The molecule has 0 saturated heterocycles. The molecule has 0 aliphatic rings. The minimum absolute atomic E-state index is 0.106. The van der Waals surface area contributed by atoms with E-state index in [1.165, 1.54) is 23.2 Å². The fourth-order valence-corrected chi connectivity index (χ4v) is 2.27. The highest BCUT2D eigenvalue weighted by atomic mass is 19.1. The van der Waals surface area contributed by atoms with Crippen LogP contribution in [0.4, 0.5) is 4.39 Å². The van der Waals surface area contributed by atoms with E-state index in [0.717, 1.165) is 0 Å². The van der Waals surface area contributed by atoms with E-state index in [1.54, 1.807) is 30.7 Å². The van der Waals surface area contributed by atoms with Gasteiger partial charge in [-0.05, 0) is 38.1 Å². The minimum atomic E-state index is -0.949. The van der Waals surface area contributed by atoms with Gasteiger partial charge in [0.1, 0.15) is 5.82 Å². The SMILES string of the molecule is CCN(CCC(=O)O)C(=O)c1cnn(-c2ccc(F)cc2)c1C. The average molecular weight is 319 g/mol. The van der Waals surface area contributed by atoms with Gasteiger partial charge in [-0.3, -0.25) is 9.59 Å². The smallest absolute Gasteiger partial charge is 0.305 e. The van der Waals surface area contributed by atoms with Crippen molar-refractivity contribution in [3.8, 4) is 5.69 Å². The van der Waals surface area contributed by atoms with E-state index in [1.807, 2.05) is 0 Å². The van der Waals surface area contributed by atoms with Gasteiger partial charge in [-0.2, -0.15) is 5.10 Å². The van der Waals surface area contributed by atoms with E-state index in [2.05, 4.69) is 5.10 Å². The summed E-state index contributed by atoms with van der Waals surface area (Å²) in [6, 6.07) is 5.80. The monoisotopic (exact) mass is 319 g/mol. The van der Waals surface area contributed by atoms with Crippen LogP contribution in [-0.4, -0.2) is 44.8 Å². The molecule has 6 nitrogen and oxygen atoms in total. The predicted octanol–water partition coefficient (Wildman–Crippen LogP) is 2.26. The molecule has 122 valence electrons. The van der Waals surface area contributed by atoms with Crippen molar-refractivity contribution in [2.24, 2.45) is 0 Å². The van der Waals surface area contributed by atoms with Gasteiger partial charge < -0.3 is 10.0 Å². The Morgan fingerprint density at radius 3 is 2.52 bits per heavy atom. The molecule has 2 rings (SSSR count). The summed E-state index contributed by atoms with van der Waals surface area (Å²) in [7, 11) is 0. The van der Waals surface area contributed by atoms with E-state index in [-0.39, 0.29) is 24.7 Å². The lowest BCUT2D eigenvalue weighted by atomic mass is 10.2. The first-order chi connectivity index (χ1) is 10.9. The zero-order chi connectivity index (χ0) is 17.0. The van der Waals surface area contributed by atoms with Gasteiger partial charge in [-0.1, -0.05) is 0 Å². The normalized spacial score (nSPS) is 10.6. The molecule has 1 heterocycles. The molecule has 7 heteroatoms. The molecule has 1 aromatic carbocycles. The summed E-state index contributed by atoms with van der Waals surface area (Å²) in [4.78, 5) is 24.7. The molecule has 0 radical (unpaired) electrons. The van der Waals surface area contributed by atoms with Gasteiger partial charge in [-0.15, -0.1) is 0 Å². The van der Waals surface area contributed by atoms with Crippen molar-refractivity contribution in [1.29, 1.82) is 0 Å². The molecule has 0 spiro atoms. The molecule has 0 aliphatic heterocycles. The summed E-state index contributed by atoms with van der Waals surface area (Å²) >= 11 is 0. The van der Waals surface area contributed by atoms with Gasteiger partial charge in [-0.25, -0.2) is 9.07 Å². The third-order valence-corrected chi connectivity index (χ3v) is 3.58. The lowest BCUT2D eigenvalue weighted by Gasteiger charge is -2.19. The topological polar surface area (TPSA) is 75.4 Å². The molecule has 0 bridgehead atoms. The molecule has 1 amide bonds. The van der Waals surface area contributed by atoms with E-state index in [4.69, 9.17) is 5.11 Å². The van der Waals surface area contributed by atoms with Crippen molar-refractivity contribution in [3.63, 3.8) is 0 Å². The molecule has 0 atom stereocenters. The van der Waals surface area contributed by atoms with Crippen LogP contribution < -0.4 is 0 Å². The van der Waals surface area contributed by atoms with Gasteiger partial charge >= 0.3 is 5.97 Å². The molecule has 0 saturated carbocycles. The van der Waals surface area contributed by atoms with Crippen LogP contribution in [0.15, 0.2) is 30.5 Å². The fraction of sp³-hybridized carbons (Fsp3) is 0.312. The highest BCUT2D eigenvalue weighted by Gasteiger charge is 2.20. The van der Waals surface area contributed by atoms with Crippen molar-refractivity contribution < 1.29 is 19.1 Å². The maximum atomic E-state index is 13.0. The Morgan fingerprint density at radius 1 is 1.30 bits per heavy atom. The number of carbonyl (C=O) groups excluding carboxylic acids is 1. The number of carboxylic acid groups (broad SMARTS) is 1. The number of nitrogens with zero attached hydrogens (tertiary/aromatic N) is 3. The van der Waals surface area contributed by atoms with Gasteiger partial charge in [0, 0.05) is 13.1 Å². The van der Waals surface area contributed by atoms with Crippen LogP contribution in [0.1, 0.15) is 29.4 Å². The van der Waals surface area contributed by atoms with Crippen LogP contribution in [0.2, 0.25) is 0 Å². The van der Waals surface area contributed by atoms with Crippen LogP contribution in [0.3, 0.4) is 0 Å². The summed E-state index contributed by atoms with van der Waals surface area (Å²) in [6.45, 7) is 4.09. The number of carboxylic acids is 1. The van der Waals surface area contributed by atoms with Crippen LogP contribution in [0.25, 0.3) is 5.69 Å². The first kappa shape index (κ1) is 16.7. The summed E-state index contributed by atoms with van der Waals surface area (Å²) < 4.78 is 14.6. The van der Waals surface area contributed by atoms with Gasteiger partial charge in [0.2, 0.25) is 0 Å². The second kappa shape index (κ2) is 7.04. The molecule has 1 N–H and O–H groups in total. The lowest BCUT2D eigenvalue weighted by molar-refractivity contribution is -0.137. The fourth-order valence-electron chi connectivity index (χ4n) is 2.27. The number of aliphatic carboxylic acids is 1. The van der Waals surface area contributed by atoms with E-state index in [9.17, 15) is 14.0 Å². The Balaban J connectivity index is 2.25. The number of rotatable bonds is 6. The Morgan fingerprint density at radius 2 is 1.96 bits per heavy atom. The van der Waals surface area contributed by atoms with Crippen LogP contribution >= 0.6 is 0 Å². The van der Waals surface area contributed by atoms with Crippen LogP contribution in [0, 0.1) is 12.7 Å². The van der Waals surface area contributed by atoms with Gasteiger partial charge in [0.05, 0.1) is 29.6 Å². The van der Waals surface area contributed by atoms with Gasteiger partial charge in [0.25, 0.3) is 5.91 Å². The van der Waals surface area contributed by atoms with Crippen LogP contribution in [0.5, 0.6) is 0 Å². The largest absolute Gasteiger partial charge is 0.481 e. The van der Waals surface area contributed by atoms with E-state index < -0.39 is 5.97 Å². The maximum absolute atomic E-state index is 13.0. The van der Waals surface area contributed by atoms with Crippen molar-refractivity contribution in [2.45, 2.75) is 20.3 Å². The summed E-state index contributed by atoms with van der Waals surface area (Å²) in [5.74, 6) is -1.56. The van der Waals surface area contributed by atoms with E-state index >= 15 is 0 Å². The first-order valence-corrected chi connectivity index (χ1v) is 7.25. The summed E-state index contributed by atoms with van der Waals surface area (Å²) in [5, 5.41) is 12.9. The third kappa shape index (κ3) is 3.74. The molecule has 0 aliphatic carbocycles. The Hall–Kier alpha value is -2.70. The molecule has 1 aromatic heterocycles. The number of halogens is 1. The highest BCUT2D eigenvalue weighted by molar-refractivity contribution is 5.95. The molecule has 0 unspecified atom stereocenters. The second-order valence-electron chi connectivity index (χ2n) is 5.06. The first-order valence-electron chi connectivity index (χ1n) is 7.25. The maximum Gasteiger partial charge on any atom is 0.305 e. The van der Waals surface area contributed by atoms with Crippen molar-refractivity contribution in [2.75, 3.05) is 13.1 Å². The summed E-state index contributed by atoms with van der Waals surface area (Å²) in [6.07, 6.45) is 1.34. The lowest BCUT2D eigenvalue weighted by Crippen LogP contribution is -2.33. The number of carbonyl (C=O) groups is 2. The van der Waals surface area contributed by atoms with Crippen LogP contribution in [-0.2, 0) is 4.79 Å². The number of hydrogen-bond donors (Lipinski definition) is 1. The number of hydrogen-bond acceptors (Lipinski definition) is 3. The minimum Gasteiger partial charge on any atom is -0.481 e. The Labute approximate surface area is 133 Å². The van der Waals surface area contributed by atoms with Crippen molar-refractivity contribution >= 4 is 11.9 Å². The standard InChI is InChI=1S/C16H18FN3O3/c1-3-19(9-8-15(21)22)16(23)14-10-18-20(11(14)2)13-6-4-12(17)5-7-13/h4-7,10H,3,8-9H2,1-2H3,(H,21,22). The number of benzene rings is 1. The zero-order valence-electron chi connectivity index (χ0n) is 13.0. The molecule has 23 heavy (non-hydrogen) atoms. The predicted molar refractivity (Wildman–Crippen MR) is 82.1 cm³/mol. The second-order valence-corrected chi connectivity index (χ2v) is 5.06. The van der Waals surface area contributed by atoms with E-state index in [0.29, 0.717) is 23.5 Å². The van der Waals surface area contributed by atoms with Gasteiger partial charge in [0.15, 0.2) is 0 Å². The Kier molecular flexibility index (Phi) is 5.10. The molecule has 0 fully saturated rings. The Bertz CT molecular complexity index is 710. The third-order valence-electron chi connectivity index (χ3n) is 3.58. The average Bonchev–Trinajstić information content (AvgIpc) is 2.90. The number of amides is 1. The number of aromatic nitrogens is 2. The summed E-state index contributed by atoms with van der Waals surface area (Å²) in [5.41, 5.74) is 1.67.